The monoisotopic (exact) mass is 268 g/mol. The van der Waals surface area contributed by atoms with Crippen LogP contribution in [0.3, 0.4) is 0 Å². The van der Waals surface area contributed by atoms with Crippen LogP contribution in [0.15, 0.2) is 36.5 Å². The number of aryl methyl sites for hydroxylation is 2. The minimum Gasteiger partial charge on any atom is -0.326 e. The number of rotatable bonds is 5. The van der Waals surface area contributed by atoms with Crippen molar-refractivity contribution in [2.45, 2.75) is 26.3 Å². The number of amides is 1. The molecule has 0 spiro atoms. The SMILES string of the molecule is Cc1ccn(CCCC(=O)Nc2cccc(C#N)c2)n1. The summed E-state index contributed by atoms with van der Waals surface area (Å²) in [5.74, 6) is -0.0519. The standard InChI is InChI=1S/C15H16N4O/c1-12-7-9-19(18-12)8-3-6-15(20)17-14-5-2-4-13(10-14)11-16/h2,4-5,7,9-10H,3,6,8H2,1H3,(H,17,20). The topological polar surface area (TPSA) is 70.7 Å². The third kappa shape index (κ3) is 3.95. The van der Waals surface area contributed by atoms with Crippen molar-refractivity contribution in [2.24, 2.45) is 0 Å². The van der Waals surface area contributed by atoms with Gasteiger partial charge in [0.05, 0.1) is 17.3 Å². The van der Waals surface area contributed by atoms with Crippen LogP contribution in [0.2, 0.25) is 0 Å². The molecule has 0 saturated carbocycles. The van der Waals surface area contributed by atoms with Gasteiger partial charge in [-0.05, 0) is 37.6 Å². The van der Waals surface area contributed by atoms with E-state index in [1.807, 2.05) is 29.9 Å². The van der Waals surface area contributed by atoms with Gasteiger partial charge in [-0.15, -0.1) is 0 Å². The summed E-state index contributed by atoms with van der Waals surface area (Å²) in [7, 11) is 0. The number of carbonyl (C=O) groups is 1. The van der Waals surface area contributed by atoms with Crippen LogP contribution in [0.4, 0.5) is 5.69 Å². The Kier molecular flexibility index (Phi) is 4.51. The van der Waals surface area contributed by atoms with Gasteiger partial charge in [0, 0.05) is 24.8 Å². The summed E-state index contributed by atoms with van der Waals surface area (Å²) in [6.07, 6.45) is 3.06. The van der Waals surface area contributed by atoms with Crippen LogP contribution in [0, 0.1) is 18.3 Å². The minimum absolute atomic E-state index is 0.0519. The van der Waals surface area contributed by atoms with Crippen molar-refractivity contribution in [1.29, 1.82) is 5.26 Å². The van der Waals surface area contributed by atoms with Crippen LogP contribution >= 0.6 is 0 Å². The van der Waals surface area contributed by atoms with E-state index < -0.39 is 0 Å². The maximum Gasteiger partial charge on any atom is 0.224 e. The number of nitriles is 1. The second kappa shape index (κ2) is 6.53. The Balaban J connectivity index is 1.79. The van der Waals surface area contributed by atoms with E-state index in [4.69, 9.17) is 5.26 Å². The molecular formula is C15H16N4O. The molecule has 5 nitrogen and oxygen atoms in total. The molecule has 1 heterocycles. The van der Waals surface area contributed by atoms with E-state index in [1.165, 1.54) is 0 Å². The zero-order valence-electron chi connectivity index (χ0n) is 11.3. The molecule has 1 aromatic heterocycles. The lowest BCUT2D eigenvalue weighted by Gasteiger charge is -2.05. The molecule has 2 rings (SSSR count). The molecule has 1 aromatic carbocycles. The minimum atomic E-state index is -0.0519. The zero-order valence-corrected chi connectivity index (χ0v) is 11.3. The summed E-state index contributed by atoms with van der Waals surface area (Å²) in [5.41, 5.74) is 2.17. The maximum absolute atomic E-state index is 11.8. The fourth-order valence-electron chi connectivity index (χ4n) is 1.88. The van der Waals surface area contributed by atoms with Gasteiger partial charge in [0.25, 0.3) is 0 Å². The first-order valence-electron chi connectivity index (χ1n) is 6.47. The molecule has 0 unspecified atom stereocenters. The summed E-state index contributed by atoms with van der Waals surface area (Å²) >= 11 is 0. The van der Waals surface area contributed by atoms with Crippen molar-refractivity contribution >= 4 is 11.6 Å². The predicted octanol–water partition coefficient (Wildman–Crippen LogP) is 2.48. The number of hydrogen-bond acceptors (Lipinski definition) is 3. The van der Waals surface area contributed by atoms with Crippen molar-refractivity contribution in [3.8, 4) is 6.07 Å². The number of anilines is 1. The lowest BCUT2D eigenvalue weighted by Crippen LogP contribution is -2.12. The lowest BCUT2D eigenvalue weighted by atomic mass is 10.2. The number of hydrogen-bond donors (Lipinski definition) is 1. The summed E-state index contributed by atoms with van der Waals surface area (Å²) < 4.78 is 1.83. The highest BCUT2D eigenvalue weighted by atomic mass is 16.1. The van der Waals surface area contributed by atoms with E-state index in [-0.39, 0.29) is 5.91 Å². The second-order valence-corrected chi connectivity index (χ2v) is 4.56. The van der Waals surface area contributed by atoms with E-state index >= 15 is 0 Å². The van der Waals surface area contributed by atoms with Crippen molar-refractivity contribution < 1.29 is 4.79 Å². The van der Waals surface area contributed by atoms with E-state index in [0.717, 1.165) is 18.7 Å². The van der Waals surface area contributed by atoms with E-state index in [2.05, 4.69) is 10.4 Å². The quantitative estimate of drug-likeness (QED) is 0.905. The Morgan fingerprint density at radius 3 is 3.00 bits per heavy atom. The number of benzene rings is 1. The molecule has 0 fully saturated rings. The fourth-order valence-corrected chi connectivity index (χ4v) is 1.88. The summed E-state index contributed by atoms with van der Waals surface area (Å²) in [6.45, 7) is 2.66. The molecule has 5 heteroatoms. The average Bonchev–Trinajstić information content (AvgIpc) is 2.84. The van der Waals surface area contributed by atoms with Gasteiger partial charge in [-0.2, -0.15) is 10.4 Å². The molecule has 0 aliphatic heterocycles. The van der Waals surface area contributed by atoms with Crippen molar-refractivity contribution in [3.63, 3.8) is 0 Å². The summed E-state index contributed by atoms with van der Waals surface area (Å²) in [5, 5.41) is 15.8. The van der Waals surface area contributed by atoms with Gasteiger partial charge >= 0.3 is 0 Å². The molecule has 0 radical (unpaired) electrons. The Labute approximate surface area is 117 Å². The smallest absolute Gasteiger partial charge is 0.224 e. The van der Waals surface area contributed by atoms with Crippen molar-refractivity contribution in [3.05, 3.63) is 47.8 Å². The largest absolute Gasteiger partial charge is 0.326 e. The van der Waals surface area contributed by atoms with Gasteiger partial charge in [0.1, 0.15) is 0 Å². The molecule has 0 atom stereocenters. The van der Waals surface area contributed by atoms with E-state index in [0.29, 0.717) is 17.7 Å². The van der Waals surface area contributed by atoms with Crippen LogP contribution in [-0.4, -0.2) is 15.7 Å². The first-order chi connectivity index (χ1) is 9.67. The van der Waals surface area contributed by atoms with Crippen molar-refractivity contribution in [1.82, 2.24) is 9.78 Å². The highest BCUT2D eigenvalue weighted by Crippen LogP contribution is 2.10. The highest BCUT2D eigenvalue weighted by Gasteiger charge is 2.03. The van der Waals surface area contributed by atoms with Crippen LogP contribution in [0.5, 0.6) is 0 Å². The number of carbonyl (C=O) groups excluding carboxylic acids is 1. The van der Waals surface area contributed by atoms with Gasteiger partial charge in [-0.25, -0.2) is 0 Å². The normalized spacial score (nSPS) is 10.0. The van der Waals surface area contributed by atoms with Gasteiger partial charge in [-0.3, -0.25) is 9.48 Å². The van der Waals surface area contributed by atoms with Crippen LogP contribution in [0.1, 0.15) is 24.1 Å². The van der Waals surface area contributed by atoms with E-state index in [1.54, 1.807) is 24.3 Å². The molecule has 0 bridgehead atoms. The molecule has 1 amide bonds. The second-order valence-electron chi connectivity index (χ2n) is 4.56. The Hall–Kier alpha value is -2.61. The maximum atomic E-state index is 11.8. The van der Waals surface area contributed by atoms with Gasteiger partial charge in [-0.1, -0.05) is 6.07 Å². The molecule has 20 heavy (non-hydrogen) atoms. The predicted molar refractivity (Wildman–Crippen MR) is 76.0 cm³/mol. The third-order valence-electron chi connectivity index (χ3n) is 2.84. The molecule has 1 N–H and O–H groups in total. The van der Waals surface area contributed by atoms with Crippen LogP contribution < -0.4 is 5.32 Å². The van der Waals surface area contributed by atoms with Crippen molar-refractivity contribution in [2.75, 3.05) is 5.32 Å². The summed E-state index contributed by atoms with van der Waals surface area (Å²) in [6, 6.07) is 10.9. The first kappa shape index (κ1) is 13.8. The first-order valence-corrected chi connectivity index (χ1v) is 6.47. The van der Waals surface area contributed by atoms with Gasteiger partial charge < -0.3 is 5.32 Å². The molecule has 102 valence electrons. The van der Waals surface area contributed by atoms with Crippen LogP contribution in [0.25, 0.3) is 0 Å². The molecule has 2 aromatic rings. The van der Waals surface area contributed by atoms with Crippen LogP contribution in [-0.2, 0) is 11.3 Å². The van der Waals surface area contributed by atoms with Gasteiger partial charge in [0.2, 0.25) is 5.91 Å². The highest BCUT2D eigenvalue weighted by molar-refractivity contribution is 5.90. The van der Waals surface area contributed by atoms with Gasteiger partial charge in [0.15, 0.2) is 0 Å². The molecule has 0 aliphatic carbocycles. The fraction of sp³-hybridized carbons (Fsp3) is 0.267. The average molecular weight is 268 g/mol. The Morgan fingerprint density at radius 2 is 2.30 bits per heavy atom. The number of aromatic nitrogens is 2. The molecule has 0 aliphatic rings. The Morgan fingerprint density at radius 1 is 1.45 bits per heavy atom. The third-order valence-corrected chi connectivity index (χ3v) is 2.84. The molecular weight excluding hydrogens is 252 g/mol. The molecule has 0 saturated heterocycles. The lowest BCUT2D eigenvalue weighted by molar-refractivity contribution is -0.116. The zero-order chi connectivity index (χ0) is 14.4. The number of nitrogens with zero attached hydrogens (tertiary/aromatic N) is 3. The Bertz CT molecular complexity index is 639. The van der Waals surface area contributed by atoms with E-state index in [9.17, 15) is 4.79 Å². The number of nitrogens with one attached hydrogen (secondary N) is 1. The summed E-state index contributed by atoms with van der Waals surface area (Å²) in [4.78, 5) is 11.8.